The minimum atomic E-state index is -0.0312. The summed E-state index contributed by atoms with van der Waals surface area (Å²) in [6.07, 6.45) is 4.32. The number of hydrogen-bond donors (Lipinski definition) is 2. The Balaban J connectivity index is 1.33. The van der Waals surface area contributed by atoms with Crippen molar-refractivity contribution in [3.8, 4) is 11.3 Å². The highest BCUT2D eigenvalue weighted by molar-refractivity contribution is 6.32. The number of benzene rings is 2. The minimum Gasteiger partial charge on any atom is -0.385 e. The molecule has 1 saturated heterocycles. The molecule has 1 fully saturated rings. The molecule has 0 aliphatic carbocycles. The molecule has 3 aromatic rings. The Morgan fingerprint density at radius 2 is 1.87 bits per heavy atom. The van der Waals surface area contributed by atoms with Crippen molar-refractivity contribution in [1.82, 2.24) is 19.8 Å². The Labute approximate surface area is 230 Å². The lowest BCUT2D eigenvalue weighted by Gasteiger charge is -2.36. The highest BCUT2D eigenvalue weighted by atomic mass is 35.5. The molecule has 38 heavy (non-hydrogen) atoms. The van der Waals surface area contributed by atoms with Gasteiger partial charge in [0.1, 0.15) is 0 Å². The van der Waals surface area contributed by atoms with Gasteiger partial charge >= 0.3 is 0 Å². The van der Waals surface area contributed by atoms with Crippen LogP contribution in [-0.4, -0.2) is 70.9 Å². The molecule has 2 aromatic carbocycles. The van der Waals surface area contributed by atoms with Crippen LogP contribution in [0.1, 0.15) is 25.8 Å². The molecule has 4 rings (SSSR count). The average Bonchev–Trinajstić information content (AvgIpc) is 2.93. The van der Waals surface area contributed by atoms with Gasteiger partial charge in [-0.3, -0.25) is 9.69 Å². The maximum atomic E-state index is 11.8. The van der Waals surface area contributed by atoms with E-state index >= 15 is 0 Å². The molecular weight excluding hydrogens is 496 g/mol. The van der Waals surface area contributed by atoms with Gasteiger partial charge < -0.3 is 15.5 Å². The van der Waals surface area contributed by atoms with Crippen LogP contribution in [0, 0.1) is 0 Å². The van der Waals surface area contributed by atoms with E-state index in [1.54, 1.807) is 6.20 Å². The number of allylic oxidation sites excluding steroid dienone is 1. The van der Waals surface area contributed by atoms with Crippen LogP contribution in [0.5, 0.6) is 0 Å². The lowest BCUT2D eigenvalue weighted by Crippen LogP contribution is -2.49. The van der Waals surface area contributed by atoms with E-state index in [-0.39, 0.29) is 5.78 Å². The van der Waals surface area contributed by atoms with Gasteiger partial charge in [0.05, 0.1) is 16.9 Å². The predicted octanol–water partition coefficient (Wildman–Crippen LogP) is 5.67. The normalized spacial score (nSPS) is 14.4. The summed E-state index contributed by atoms with van der Waals surface area (Å²) >= 11 is 6.44. The van der Waals surface area contributed by atoms with E-state index in [1.807, 2.05) is 36.4 Å². The fourth-order valence-corrected chi connectivity index (χ4v) is 4.81. The van der Waals surface area contributed by atoms with Crippen molar-refractivity contribution in [2.45, 2.75) is 32.7 Å². The van der Waals surface area contributed by atoms with Gasteiger partial charge in [-0.15, -0.1) is 0 Å². The molecule has 1 aliphatic rings. The Bertz CT molecular complexity index is 1240. The monoisotopic (exact) mass is 532 g/mol. The third-order valence-corrected chi connectivity index (χ3v) is 7.06. The van der Waals surface area contributed by atoms with Crippen molar-refractivity contribution in [2.75, 3.05) is 49.9 Å². The van der Waals surface area contributed by atoms with Gasteiger partial charge in [0.25, 0.3) is 0 Å². The number of hydrogen-bond acceptors (Lipinski definition) is 7. The van der Waals surface area contributed by atoms with E-state index < -0.39 is 0 Å². The second-order valence-corrected chi connectivity index (χ2v) is 10.3. The van der Waals surface area contributed by atoms with Gasteiger partial charge in [-0.25, -0.2) is 9.97 Å². The van der Waals surface area contributed by atoms with E-state index in [2.05, 4.69) is 63.0 Å². The molecule has 0 unspecified atom stereocenters. The van der Waals surface area contributed by atoms with Gasteiger partial charge in [0.15, 0.2) is 5.78 Å². The first-order valence-electron chi connectivity index (χ1n) is 13.3. The lowest BCUT2D eigenvalue weighted by molar-refractivity contribution is -0.114. The quantitative estimate of drug-likeness (QED) is 0.230. The van der Waals surface area contributed by atoms with Crippen molar-refractivity contribution in [2.24, 2.45) is 0 Å². The number of rotatable bonds is 12. The summed E-state index contributed by atoms with van der Waals surface area (Å²) in [6.45, 7) is 14.7. The third-order valence-electron chi connectivity index (χ3n) is 6.79. The van der Waals surface area contributed by atoms with E-state index in [1.165, 1.54) is 6.08 Å². The van der Waals surface area contributed by atoms with Gasteiger partial charge in [-0.1, -0.05) is 42.4 Å². The summed E-state index contributed by atoms with van der Waals surface area (Å²) < 4.78 is 0. The number of halogens is 1. The number of nitrogens with zero attached hydrogens (tertiary/aromatic N) is 4. The van der Waals surface area contributed by atoms with Crippen LogP contribution in [0.4, 0.5) is 17.3 Å². The summed E-state index contributed by atoms with van der Waals surface area (Å²) in [5.41, 5.74) is 4.26. The van der Waals surface area contributed by atoms with Crippen molar-refractivity contribution >= 4 is 34.7 Å². The first kappa shape index (κ1) is 27.8. The van der Waals surface area contributed by atoms with E-state index in [9.17, 15) is 4.79 Å². The fraction of sp³-hybridized carbons (Fsp3) is 0.367. The zero-order valence-electron chi connectivity index (χ0n) is 22.3. The number of piperazine rings is 1. The second kappa shape index (κ2) is 13.5. The van der Waals surface area contributed by atoms with Crippen LogP contribution in [0.15, 0.2) is 67.4 Å². The topological polar surface area (TPSA) is 73.4 Å². The highest BCUT2D eigenvalue weighted by Gasteiger charge is 2.18. The van der Waals surface area contributed by atoms with E-state index in [0.29, 0.717) is 29.1 Å². The molecule has 0 atom stereocenters. The van der Waals surface area contributed by atoms with Crippen LogP contribution in [0.25, 0.3) is 11.3 Å². The molecule has 0 radical (unpaired) electrons. The molecule has 0 saturated carbocycles. The van der Waals surface area contributed by atoms with Crippen LogP contribution in [0.2, 0.25) is 5.02 Å². The summed E-state index contributed by atoms with van der Waals surface area (Å²) in [6, 6.07) is 16.4. The van der Waals surface area contributed by atoms with Gasteiger partial charge in [0, 0.05) is 62.1 Å². The lowest BCUT2D eigenvalue weighted by atomic mass is 10.0. The van der Waals surface area contributed by atoms with Gasteiger partial charge in [-0.05, 0) is 62.7 Å². The molecule has 0 amide bonds. The molecule has 2 heterocycles. The standard InChI is InChI=1S/C30H37ClN6O/c1-4-27(38)19-23-8-5-9-24(18-23)29-28(31)21-33-30(35-29)34-26-11-6-10-25(20-26)32-12-7-13-36-14-16-37(17-15-36)22(2)3/h4-6,8-11,18,20-22,32H,1,7,12-17,19H2,2-3H3,(H,33,34,35). The third kappa shape index (κ3) is 7.87. The fourth-order valence-electron chi connectivity index (χ4n) is 4.61. The Hall–Kier alpha value is -3.26. The van der Waals surface area contributed by atoms with Crippen LogP contribution >= 0.6 is 11.6 Å². The zero-order valence-corrected chi connectivity index (χ0v) is 23.0. The summed E-state index contributed by atoms with van der Waals surface area (Å²) in [4.78, 5) is 25.9. The summed E-state index contributed by atoms with van der Waals surface area (Å²) in [5.74, 6) is 0.422. The van der Waals surface area contributed by atoms with Gasteiger partial charge in [0.2, 0.25) is 5.95 Å². The largest absolute Gasteiger partial charge is 0.385 e. The second-order valence-electron chi connectivity index (χ2n) is 9.90. The first-order chi connectivity index (χ1) is 18.4. The summed E-state index contributed by atoms with van der Waals surface area (Å²) in [5, 5.41) is 7.28. The maximum Gasteiger partial charge on any atom is 0.227 e. The van der Waals surface area contributed by atoms with E-state index in [0.717, 1.165) is 68.2 Å². The smallest absolute Gasteiger partial charge is 0.227 e. The molecule has 1 aromatic heterocycles. The van der Waals surface area contributed by atoms with Crippen LogP contribution < -0.4 is 10.6 Å². The van der Waals surface area contributed by atoms with Crippen molar-refractivity contribution in [3.05, 3.63) is 78.0 Å². The number of carbonyl (C=O) groups is 1. The number of carbonyl (C=O) groups excluding carboxylic acids is 1. The molecule has 7 nitrogen and oxygen atoms in total. The number of nitrogens with one attached hydrogen (secondary N) is 2. The Morgan fingerprint density at radius 1 is 1.11 bits per heavy atom. The van der Waals surface area contributed by atoms with Crippen molar-refractivity contribution in [1.29, 1.82) is 0 Å². The Kier molecular flexibility index (Phi) is 9.87. The molecule has 0 spiro atoms. The number of aromatic nitrogens is 2. The van der Waals surface area contributed by atoms with Crippen LogP contribution in [-0.2, 0) is 11.2 Å². The molecule has 8 heteroatoms. The van der Waals surface area contributed by atoms with Crippen molar-refractivity contribution in [3.63, 3.8) is 0 Å². The molecular formula is C30H37ClN6O. The molecule has 2 N–H and O–H groups in total. The highest BCUT2D eigenvalue weighted by Crippen LogP contribution is 2.28. The molecule has 0 bridgehead atoms. The van der Waals surface area contributed by atoms with Crippen LogP contribution in [0.3, 0.4) is 0 Å². The maximum absolute atomic E-state index is 11.8. The zero-order chi connectivity index (χ0) is 26.9. The van der Waals surface area contributed by atoms with Crippen molar-refractivity contribution < 1.29 is 4.79 Å². The summed E-state index contributed by atoms with van der Waals surface area (Å²) in [7, 11) is 0. The average molecular weight is 533 g/mol. The SMILES string of the molecule is C=CC(=O)Cc1cccc(-c2nc(Nc3cccc(NCCCN4CCN(C(C)C)CC4)c3)ncc2Cl)c1. The number of ketones is 1. The number of anilines is 3. The minimum absolute atomic E-state index is 0.0312. The first-order valence-corrected chi connectivity index (χ1v) is 13.6. The molecule has 200 valence electrons. The molecule has 1 aliphatic heterocycles. The van der Waals surface area contributed by atoms with Gasteiger partial charge in [-0.2, -0.15) is 0 Å². The Morgan fingerprint density at radius 3 is 2.63 bits per heavy atom. The predicted molar refractivity (Wildman–Crippen MR) is 157 cm³/mol. The van der Waals surface area contributed by atoms with E-state index in [4.69, 9.17) is 11.6 Å².